The minimum absolute atomic E-state index is 0.0672. The molecule has 4 aliphatic carbocycles. The van der Waals surface area contributed by atoms with Crippen LogP contribution in [-0.2, 0) is 6.42 Å². The van der Waals surface area contributed by atoms with E-state index in [-0.39, 0.29) is 6.10 Å². The molecule has 8 atom stereocenters. The van der Waals surface area contributed by atoms with Crippen molar-refractivity contribution in [2.75, 3.05) is 0 Å². The second-order valence-electron chi connectivity index (χ2n) is 12.7. The van der Waals surface area contributed by atoms with E-state index in [1.807, 2.05) is 24.4 Å². The zero-order chi connectivity index (χ0) is 23.5. The largest absolute Gasteiger partial charge is 0.393 e. The molecule has 1 N–H and O–H groups in total. The molecule has 0 saturated heterocycles. The molecule has 0 amide bonds. The van der Waals surface area contributed by atoms with E-state index in [9.17, 15) is 5.11 Å². The van der Waals surface area contributed by atoms with Crippen molar-refractivity contribution in [2.45, 2.75) is 97.0 Å². The van der Waals surface area contributed by atoms with Gasteiger partial charge in [0.25, 0.3) is 0 Å². The van der Waals surface area contributed by atoms with Gasteiger partial charge < -0.3 is 5.11 Å². The number of nitrogens with zero attached hydrogens (tertiary/aromatic N) is 2. The third kappa shape index (κ3) is 3.72. The molecule has 0 aliphatic heterocycles. The molecule has 3 nitrogen and oxygen atoms in total. The maximum Gasteiger partial charge on any atom is 0.128 e. The van der Waals surface area contributed by atoms with E-state index >= 15 is 0 Å². The zero-order valence-corrected chi connectivity index (χ0v) is 21.7. The summed E-state index contributed by atoms with van der Waals surface area (Å²) in [7, 11) is 0. The average molecular weight is 481 g/mol. The number of hydrogen-bond acceptors (Lipinski definition) is 3. The van der Waals surface area contributed by atoms with Gasteiger partial charge in [-0.05, 0) is 116 Å². The Morgan fingerprint density at radius 1 is 1.03 bits per heavy atom. The number of hydrogen-bond donors (Lipinski definition) is 1. The first-order chi connectivity index (χ1) is 16.4. The molecule has 1 heterocycles. The first-order valence-corrected chi connectivity index (χ1v) is 14.4. The number of benzene rings is 1. The van der Waals surface area contributed by atoms with E-state index in [0.29, 0.717) is 22.7 Å². The summed E-state index contributed by atoms with van der Waals surface area (Å²) in [5.74, 6) is 4.48. The quantitative estimate of drug-likeness (QED) is 0.489. The number of halogens is 1. The predicted octanol–water partition coefficient (Wildman–Crippen LogP) is 7.63. The van der Waals surface area contributed by atoms with Crippen molar-refractivity contribution in [2.24, 2.45) is 40.4 Å². The Morgan fingerprint density at radius 2 is 1.88 bits per heavy atom. The van der Waals surface area contributed by atoms with Gasteiger partial charge in [-0.25, -0.2) is 9.97 Å². The number of aliphatic hydroxyl groups excluding tert-OH is 1. The van der Waals surface area contributed by atoms with Gasteiger partial charge >= 0.3 is 0 Å². The van der Waals surface area contributed by atoms with E-state index in [4.69, 9.17) is 16.6 Å². The van der Waals surface area contributed by atoms with Gasteiger partial charge in [0.2, 0.25) is 0 Å². The van der Waals surface area contributed by atoms with Crippen LogP contribution < -0.4 is 0 Å². The van der Waals surface area contributed by atoms with Gasteiger partial charge in [-0.15, -0.1) is 0 Å². The summed E-state index contributed by atoms with van der Waals surface area (Å²) >= 11 is 6.17. The molecular weight excluding hydrogens is 440 g/mol. The summed E-state index contributed by atoms with van der Waals surface area (Å²) in [6, 6.07) is 5.83. The average Bonchev–Trinajstić information content (AvgIpc) is 3.15. The van der Waals surface area contributed by atoms with Gasteiger partial charge in [-0.1, -0.05) is 38.3 Å². The number of rotatable bonds is 4. The molecule has 1 aromatic heterocycles. The maximum atomic E-state index is 11.4. The van der Waals surface area contributed by atoms with Crippen molar-refractivity contribution < 1.29 is 5.11 Å². The Labute approximate surface area is 210 Å². The highest BCUT2D eigenvalue weighted by atomic mass is 35.5. The van der Waals surface area contributed by atoms with Crippen LogP contribution in [0.4, 0.5) is 0 Å². The first-order valence-electron chi connectivity index (χ1n) is 14.0. The molecule has 34 heavy (non-hydrogen) atoms. The summed E-state index contributed by atoms with van der Waals surface area (Å²) in [5.41, 5.74) is 1.83. The molecule has 1 aromatic carbocycles. The zero-order valence-electron chi connectivity index (χ0n) is 21.0. The standard InChI is InChI=1S/C30H41ClN2O/c1-29-14-4-3-6-21(29)16-26(34)28-23-12-10-20(30(23,2)15-13-24(28)29)7-5-8-27-32-18-19-9-11-22(31)17-25(19)33-27/h9,11,17-18,20-21,23-24,26,28,34H,3-8,10,12-16H2,1-2H3. The molecule has 4 aliphatic rings. The second-order valence-corrected chi connectivity index (χ2v) is 13.2. The minimum atomic E-state index is -0.0672. The molecule has 0 bridgehead atoms. The number of fused-ring (bicyclic) bond motifs is 6. The Morgan fingerprint density at radius 3 is 2.76 bits per heavy atom. The number of aromatic nitrogens is 2. The molecular formula is C30H41ClN2O. The monoisotopic (exact) mass is 480 g/mol. The second kappa shape index (κ2) is 8.73. The SMILES string of the molecule is CC12CCC3C(C(O)CC4CCCCC43C)C1CCC2CCCc1ncc2ccc(Cl)cc2n1. The van der Waals surface area contributed by atoms with Crippen molar-refractivity contribution in [3.05, 3.63) is 35.2 Å². The highest BCUT2D eigenvalue weighted by Crippen LogP contribution is 2.67. The molecule has 184 valence electrons. The number of aliphatic hydroxyl groups is 1. The van der Waals surface area contributed by atoms with Crippen LogP contribution in [0.3, 0.4) is 0 Å². The van der Waals surface area contributed by atoms with Crippen LogP contribution in [0.2, 0.25) is 5.02 Å². The lowest BCUT2D eigenvalue weighted by Crippen LogP contribution is -2.57. The predicted molar refractivity (Wildman–Crippen MR) is 139 cm³/mol. The van der Waals surface area contributed by atoms with Gasteiger partial charge in [0.15, 0.2) is 0 Å². The van der Waals surface area contributed by atoms with E-state index in [0.717, 1.165) is 58.8 Å². The van der Waals surface area contributed by atoms with Gasteiger partial charge in [-0.3, -0.25) is 0 Å². The van der Waals surface area contributed by atoms with Crippen LogP contribution >= 0.6 is 11.6 Å². The summed E-state index contributed by atoms with van der Waals surface area (Å²) in [6.45, 7) is 5.19. The van der Waals surface area contributed by atoms with Gasteiger partial charge in [0.1, 0.15) is 5.82 Å². The Bertz CT molecular complexity index is 1060. The van der Waals surface area contributed by atoms with Crippen LogP contribution in [0.5, 0.6) is 0 Å². The molecule has 0 radical (unpaired) electrons. The van der Waals surface area contributed by atoms with E-state index in [1.165, 1.54) is 57.8 Å². The van der Waals surface area contributed by atoms with Crippen molar-refractivity contribution in [3.63, 3.8) is 0 Å². The Kier molecular flexibility index (Phi) is 5.96. The lowest BCUT2D eigenvalue weighted by Gasteiger charge is -2.62. The molecule has 4 fully saturated rings. The van der Waals surface area contributed by atoms with Crippen LogP contribution in [0, 0.1) is 40.4 Å². The third-order valence-electron chi connectivity index (χ3n) is 11.3. The Hall–Kier alpha value is -1.19. The highest BCUT2D eigenvalue weighted by Gasteiger charge is 2.61. The van der Waals surface area contributed by atoms with E-state index in [2.05, 4.69) is 18.8 Å². The maximum absolute atomic E-state index is 11.4. The molecule has 4 saturated carbocycles. The molecule has 6 rings (SSSR count). The lowest BCUT2D eigenvalue weighted by atomic mass is 9.44. The Balaban J connectivity index is 1.14. The van der Waals surface area contributed by atoms with Gasteiger partial charge in [-0.2, -0.15) is 0 Å². The minimum Gasteiger partial charge on any atom is -0.393 e. The summed E-state index contributed by atoms with van der Waals surface area (Å²) in [5, 5.41) is 13.2. The molecule has 0 spiro atoms. The van der Waals surface area contributed by atoms with Crippen LogP contribution in [0.15, 0.2) is 24.4 Å². The van der Waals surface area contributed by atoms with Crippen molar-refractivity contribution in [1.29, 1.82) is 0 Å². The van der Waals surface area contributed by atoms with Crippen molar-refractivity contribution >= 4 is 22.5 Å². The summed E-state index contributed by atoms with van der Waals surface area (Å²) < 4.78 is 0. The van der Waals surface area contributed by atoms with Gasteiger partial charge in [0, 0.05) is 23.0 Å². The van der Waals surface area contributed by atoms with Crippen LogP contribution in [0.25, 0.3) is 10.9 Å². The van der Waals surface area contributed by atoms with Crippen LogP contribution in [0.1, 0.15) is 90.3 Å². The van der Waals surface area contributed by atoms with E-state index in [1.54, 1.807) is 0 Å². The fraction of sp³-hybridized carbons (Fsp3) is 0.733. The fourth-order valence-electron chi connectivity index (χ4n) is 9.50. The smallest absolute Gasteiger partial charge is 0.128 e. The highest BCUT2D eigenvalue weighted by molar-refractivity contribution is 6.31. The fourth-order valence-corrected chi connectivity index (χ4v) is 9.67. The van der Waals surface area contributed by atoms with E-state index < -0.39 is 0 Å². The van der Waals surface area contributed by atoms with Crippen LogP contribution in [-0.4, -0.2) is 21.2 Å². The lowest BCUT2D eigenvalue weighted by molar-refractivity contribution is -0.162. The number of aryl methyl sites for hydroxylation is 1. The summed E-state index contributed by atoms with van der Waals surface area (Å²) in [4.78, 5) is 9.40. The summed E-state index contributed by atoms with van der Waals surface area (Å²) in [6.07, 6.45) is 17.2. The third-order valence-corrected chi connectivity index (χ3v) is 11.6. The van der Waals surface area contributed by atoms with Crippen molar-refractivity contribution in [1.82, 2.24) is 9.97 Å². The normalized spacial score (nSPS) is 41.6. The van der Waals surface area contributed by atoms with Gasteiger partial charge in [0.05, 0.1) is 11.6 Å². The molecule has 2 aromatic rings. The molecule has 8 unspecified atom stereocenters. The van der Waals surface area contributed by atoms with Crippen molar-refractivity contribution in [3.8, 4) is 0 Å². The topological polar surface area (TPSA) is 46.0 Å². The first kappa shape index (κ1) is 23.2. The molecule has 4 heteroatoms.